The zero-order valence-corrected chi connectivity index (χ0v) is 25.5. The third kappa shape index (κ3) is 11.9. The fourth-order valence-electron chi connectivity index (χ4n) is 4.81. The number of hydrogen-bond acceptors (Lipinski definition) is 2. The quantitative estimate of drug-likeness (QED) is 0.252. The van der Waals surface area contributed by atoms with Gasteiger partial charge in [-0.15, -0.1) is 11.3 Å². The van der Waals surface area contributed by atoms with Crippen LogP contribution in [0.3, 0.4) is 0 Å². The zero-order chi connectivity index (χ0) is 23.9. The summed E-state index contributed by atoms with van der Waals surface area (Å²) >= 11 is 1.56. The molecule has 1 N–H and O–H groups in total. The van der Waals surface area contributed by atoms with Crippen LogP contribution in [0.1, 0.15) is 100.0 Å². The van der Waals surface area contributed by atoms with Crippen LogP contribution in [0.4, 0.5) is 0 Å². The van der Waals surface area contributed by atoms with E-state index in [9.17, 15) is 0 Å². The fourth-order valence-corrected chi connectivity index (χ4v) is 8.87. The predicted octanol–water partition coefficient (Wildman–Crippen LogP) is 10.4. The molecule has 1 heterocycles. The van der Waals surface area contributed by atoms with Crippen molar-refractivity contribution in [2.75, 3.05) is 0 Å². The molecule has 4 rings (SSSR count). The molecule has 0 amide bonds. The fraction of sp³-hybridized carbons (Fsp3) is 0.630. The minimum atomic E-state index is -0.346. The summed E-state index contributed by atoms with van der Waals surface area (Å²) in [7, 11) is 9.76. The maximum Gasteiger partial charge on any atom is 0.0336 e. The van der Waals surface area contributed by atoms with Crippen molar-refractivity contribution in [2.45, 2.75) is 109 Å². The second-order valence-corrected chi connectivity index (χ2v) is 15.8. The second-order valence-electron chi connectivity index (χ2n) is 9.52. The maximum absolute atomic E-state index is 4.85. The number of hydrogen-bond donors (Lipinski definition) is 1. The van der Waals surface area contributed by atoms with Gasteiger partial charge in [0, 0.05) is 11.4 Å². The van der Waals surface area contributed by atoms with E-state index in [1.165, 1.54) is 80.2 Å². The van der Waals surface area contributed by atoms with Crippen molar-refractivity contribution in [3.05, 3.63) is 57.8 Å². The third-order valence-corrected chi connectivity index (χ3v) is 10.7. The molecule has 1 aromatic carbocycles. The van der Waals surface area contributed by atoms with E-state index in [0.717, 1.165) is 17.9 Å². The van der Waals surface area contributed by atoms with E-state index in [-0.39, 0.29) is 23.2 Å². The molecule has 0 aliphatic heterocycles. The molecule has 0 atom stereocenters. The van der Waals surface area contributed by atoms with E-state index in [2.05, 4.69) is 67.6 Å². The van der Waals surface area contributed by atoms with Crippen LogP contribution in [-0.2, 0) is 21.7 Å². The molecule has 2 aromatic rings. The molecule has 2 fully saturated rings. The zero-order valence-electron chi connectivity index (χ0n) is 20.5. The van der Waals surface area contributed by atoms with Crippen molar-refractivity contribution in [3.63, 3.8) is 0 Å². The van der Waals surface area contributed by atoms with E-state index in [4.69, 9.17) is 19.4 Å². The third-order valence-electron chi connectivity index (χ3n) is 6.70. The van der Waals surface area contributed by atoms with Gasteiger partial charge in [-0.2, -0.15) is 0 Å². The minimum Gasteiger partial charge on any atom is -0.290 e. The van der Waals surface area contributed by atoms with Crippen molar-refractivity contribution < 1.29 is 15.1 Å². The molecule has 0 saturated heterocycles. The Bertz CT molecular complexity index is 696. The van der Waals surface area contributed by atoms with Gasteiger partial charge < -0.3 is 0 Å². The summed E-state index contributed by atoms with van der Waals surface area (Å²) in [6, 6.07) is 13.2. The Hall–Kier alpha value is 0.513. The first-order valence-electron chi connectivity index (χ1n) is 12.5. The molecular weight excluding hydrogens is 573 g/mol. The molecule has 0 unspecified atom stereocenters. The Morgan fingerprint density at radius 1 is 0.909 bits per heavy atom. The molecule has 2 saturated carbocycles. The average molecular weight is 616 g/mol. The summed E-state index contributed by atoms with van der Waals surface area (Å²) in [6.07, 6.45) is 14.9. The second kappa shape index (κ2) is 17.9. The van der Waals surface area contributed by atoms with Crippen LogP contribution in [0.2, 0.25) is 0 Å². The molecule has 2 aliphatic rings. The van der Waals surface area contributed by atoms with E-state index >= 15 is 0 Å². The standard InChI is InChI=1S/C17H28NPS.C10H14.2ClH.Ru/c1-3-8-15(9-4-1)19(16-10-5-2-6-11-16)18-14-17-12-7-13-20-17;1-8(2)10-6-4-9(3)5-7-10;;;/h7,12-13,15-16,18H,1-6,8-11,14H2;4-8H,1-3H3;2*1H;/q;;;;+2/p-2. The average Bonchev–Trinajstić information content (AvgIpc) is 3.36. The number of thiophene rings is 1. The van der Waals surface area contributed by atoms with Gasteiger partial charge in [-0.25, -0.2) is 0 Å². The van der Waals surface area contributed by atoms with Crippen LogP contribution in [0.5, 0.6) is 0 Å². The van der Waals surface area contributed by atoms with Crippen LogP contribution in [-0.4, -0.2) is 11.3 Å². The van der Waals surface area contributed by atoms with Gasteiger partial charge in [0.2, 0.25) is 0 Å². The van der Waals surface area contributed by atoms with Gasteiger partial charge in [0.15, 0.2) is 0 Å². The van der Waals surface area contributed by atoms with Crippen LogP contribution >= 0.6 is 38.8 Å². The van der Waals surface area contributed by atoms with Gasteiger partial charge in [0.25, 0.3) is 0 Å². The van der Waals surface area contributed by atoms with Gasteiger partial charge in [0.05, 0.1) is 0 Å². The van der Waals surface area contributed by atoms with Gasteiger partial charge in [-0.1, -0.05) is 88.3 Å². The molecule has 1 aromatic heterocycles. The smallest absolute Gasteiger partial charge is 0.0336 e. The summed E-state index contributed by atoms with van der Waals surface area (Å²) in [6.45, 7) is 7.66. The Morgan fingerprint density at radius 3 is 1.85 bits per heavy atom. The summed E-state index contributed by atoms with van der Waals surface area (Å²) in [5.74, 6) is 0.653. The monoisotopic (exact) mass is 615 g/mol. The Morgan fingerprint density at radius 2 is 1.42 bits per heavy atom. The Labute approximate surface area is 224 Å². The SMILES string of the molecule is Cc1ccc(C(C)C)cc1.[Cl][Ru][Cl].c1csc(CNP(C2CCCCC2)C2CCCCC2)c1. The molecule has 1 nitrogen and oxygen atoms in total. The van der Waals surface area contributed by atoms with Gasteiger partial charge in [0.1, 0.15) is 0 Å². The Kier molecular flexibility index (Phi) is 16.1. The van der Waals surface area contributed by atoms with Crippen molar-refractivity contribution in [3.8, 4) is 0 Å². The van der Waals surface area contributed by atoms with E-state index < -0.39 is 0 Å². The van der Waals surface area contributed by atoms with E-state index in [1.54, 1.807) is 0 Å². The van der Waals surface area contributed by atoms with Crippen LogP contribution in [0.25, 0.3) is 0 Å². The van der Waals surface area contributed by atoms with E-state index in [0.29, 0.717) is 5.92 Å². The number of rotatable bonds is 6. The van der Waals surface area contributed by atoms with Gasteiger partial charge >= 0.3 is 34.5 Å². The number of halogens is 2. The van der Waals surface area contributed by atoms with Crippen LogP contribution < -0.4 is 5.09 Å². The van der Waals surface area contributed by atoms with Crippen molar-refractivity contribution in [1.82, 2.24) is 5.09 Å². The topological polar surface area (TPSA) is 12.0 Å². The van der Waals surface area contributed by atoms with Crippen LogP contribution in [0.15, 0.2) is 41.8 Å². The summed E-state index contributed by atoms with van der Waals surface area (Å²) in [4.78, 5) is 1.52. The summed E-state index contributed by atoms with van der Waals surface area (Å²) < 4.78 is 0. The summed E-state index contributed by atoms with van der Waals surface area (Å²) in [5.41, 5.74) is 4.79. The number of aryl methyl sites for hydroxylation is 1. The predicted molar refractivity (Wildman–Crippen MR) is 149 cm³/mol. The molecule has 0 spiro atoms. The molecule has 33 heavy (non-hydrogen) atoms. The first-order chi connectivity index (χ1) is 16.0. The Balaban J connectivity index is 0.000000249. The summed E-state index contributed by atoms with van der Waals surface area (Å²) in [5, 5.41) is 6.25. The van der Waals surface area contributed by atoms with Crippen molar-refractivity contribution in [2.24, 2.45) is 0 Å². The molecule has 2 aliphatic carbocycles. The number of nitrogens with one attached hydrogen (secondary N) is 1. The minimum absolute atomic E-state index is 0.0549. The first kappa shape index (κ1) is 29.7. The number of benzene rings is 1. The van der Waals surface area contributed by atoms with E-state index in [1.807, 2.05) is 11.3 Å². The molecule has 6 heteroatoms. The van der Waals surface area contributed by atoms with Gasteiger partial charge in [-0.05, 0) is 74.9 Å². The molecular formula is C27H42Cl2NPRuS. The van der Waals surface area contributed by atoms with Crippen molar-refractivity contribution in [1.29, 1.82) is 0 Å². The largest absolute Gasteiger partial charge is 0.290 e. The van der Waals surface area contributed by atoms with Crippen LogP contribution in [0, 0.1) is 6.92 Å². The van der Waals surface area contributed by atoms with Gasteiger partial charge in [-0.3, -0.25) is 5.09 Å². The first-order valence-corrected chi connectivity index (χ1v) is 19.3. The molecule has 188 valence electrons. The molecule has 0 bridgehead atoms. The normalized spacial score (nSPS) is 17.4. The molecule has 0 radical (unpaired) electrons. The maximum atomic E-state index is 4.85. The van der Waals surface area contributed by atoms with Crippen molar-refractivity contribution >= 4 is 38.8 Å².